The maximum absolute atomic E-state index is 13.5. The van der Waals surface area contributed by atoms with Crippen LogP contribution in [-0.4, -0.2) is 39.5 Å². The summed E-state index contributed by atoms with van der Waals surface area (Å²) >= 11 is 0. The highest BCUT2D eigenvalue weighted by molar-refractivity contribution is 5.99. The highest BCUT2D eigenvalue weighted by Crippen LogP contribution is 2.26. The first kappa shape index (κ1) is 15.2. The second-order valence-corrected chi connectivity index (χ2v) is 5.69. The summed E-state index contributed by atoms with van der Waals surface area (Å²) in [5, 5.41) is 0. The number of aromatic nitrogens is 2. The van der Waals surface area contributed by atoms with Gasteiger partial charge in [0, 0.05) is 7.05 Å². The number of nitrogens with zero attached hydrogens (tertiary/aromatic N) is 3. The van der Waals surface area contributed by atoms with E-state index in [1.54, 1.807) is 25.5 Å². The number of halogens is 1. The Morgan fingerprint density at radius 2 is 2.13 bits per heavy atom. The first-order valence-corrected chi connectivity index (χ1v) is 7.21. The molecular weight excluding hydrogens is 301 g/mol. The molecule has 1 amide bonds. The molecule has 7 heteroatoms. The van der Waals surface area contributed by atoms with Crippen LogP contribution in [0.4, 0.5) is 4.39 Å². The molecule has 1 aromatic heterocycles. The summed E-state index contributed by atoms with van der Waals surface area (Å²) in [4.78, 5) is 30.2. The predicted octanol–water partition coefficient (Wildman–Crippen LogP) is 2.16. The van der Waals surface area contributed by atoms with E-state index in [1.165, 1.54) is 29.4 Å². The largest absolute Gasteiger partial charge is 0.458 e. The SMILES string of the molecule is CC(C)OC(=O)c1ncn2c1CN(C)C(=O)c1cc(F)ccc1-2. The molecule has 0 saturated heterocycles. The molecule has 1 aliphatic heterocycles. The van der Waals surface area contributed by atoms with Crippen molar-refractivity contribution < 1.29 is 18.7 Å². The Labute approximate surface area is 132 Å². The van der Waals surface area contributed by atoms with Crippen molar-refractivity contribution >= 4 is 11.9 Å². The van der Waals surface area contributed by atoms with E-state index in [4.69, 9.17) is 4.74 Å². The van der Waals surface area contributed by atoms with Crippen LogP contribution in [0.5, 0.6) is 0 Å². The zero-order chi connectivity index (χ0) is 16.7. The fraction of sp³-hybridized carbons (Fsp3) is 0.312. The van der Waals surface area contributed by atoms with Crippen molar-refractivity contribution in [2.75, 3.05) is 7.05 Å². The molecule has 0 saturated carbocycles. The number of benzene rings is 1. The second-order valence-electron chi connectivity index (χ2n) is 5.69. The molecule has 2 aromatic rings. The summed E-state index contributed by atoms with van der Waals surface area (Å²) < 4.78 is 20.3. The molecule has 1 aliphatic rings. The first-order chi connectivity index (χ1) is 10.9. The molecule has 0 fully saturated rings. The van der Waals surface area contributed by atoms with E-state index in [0.29, 0.717) is 11.4 Å². The zero-order valence-electron chi connectivity index (χ0n) is 13.0. The van der Waals surface area contributed by atoms with Gasteiger partial charge < -0.3 is 9.64 Å². The van der Waals surface area contributed by atoms with Crippen LogP contribution < -0.4 is 0 Å². The number of ether oxygens (including phenoxy) is 1. The summed E-state index contributed by atoms with van der Waals surface area (Å²) in [5.74, 6) is -1.35. The summed E-state index contributed by atoms with van der Waals surface area (Å²) in [6.07, 6.45) is 1.18. The second kappa shape index (κ2) is 5.49. The topological polar surface area (TPSA) is 64.4 Å². The molecule has 0 aliphatic carbocycles. The van der Waals surface area contributed by atoms with Gasteiger partial charge in [0.2, 0.25) is 0 Å². The van der Waals surface area contributed by atoms with Crippen molar-refractivity contribution in [2.45, 2.75) is 26.5 Å². The number of carbonyl (C=O) groups excluding carboxylic acids is 2. The maximum atomic E-state index is 13.5. The highest BCUT2D eigenvalue weighted by Gasteiger charge is 2.29. The van der Waals surface area contributed by atoms with Crippen LogP contribution >= 0.6 is 0 Å². The van der Waals surface area contributed by atoms with Crippen LogP contribution in [0.15, 0.2) is 24.5 Å². The Morgan fingerprint density at radius 3 is 2.83 bits per heavy atom. The van der Waals surface area contributed by atoms with Crippen molar-refractivity contribution in [1.82, 2.24) is 14.5 Å². The normalized spacial score (nSPS) is 13.6. The Bertz CT molecular complexity index is 798. The summed E-state index contributed by atoms with van der Waals surface area (Å²) in [6, 6.07) is 3.97. The fourth-order valence-electron chi connectivity index (χ4n) is 2.56. The van der Waals surface area contributed by atoms with Gasteiger partial charge in [-0.2, -0.15) is 0 Å². The average Bonchev–Trinajstić information content (AvgIpc) is 2.85. The lowest BCUT2D eigenvalue weighted by Crippen LogP contribution is -2.26. The van der Waals surface area contributed by atoms with E-state index in [2.05, 4.69) is 4.98 Å². The predicted molar refractivity (Wildman–Crippen MR) is 79.9 cm³/mol. The van der Waals surface area contributed by atoms with E-state index in [1.807, 2.05) is 0 Å². The lowest BCUT2D eigenvalue weighted by atomic mass is 10.1. The van der Waals surface area contributed by atoms with Crippen LogP contribution in [-0.2, 0) is 11.3 Å². The Balaban J connectivity index is 2.16. The van der Waals surface area contributed by atoms with Crippen molar-refractivity contribution in [3.05, 3.63) is 47.3 Å². The maximum Gasteiger partial charge on any atom is 0.359 e. The van der Waals surface area contributed by atoms with E-state index in [9.17, 15) is 14.0 Å². The Hall–Kier alpha value is -2.70. The molecule has 0 bridgehead atoms. The smallest absolute Gasteiger partial charge is 0.359 e. The molecule has 0 N–H and O–H groups in total. The van der Waals surface area contributed by atoms with Crippen molar-refractivity contribution in [1.29, 1.82) is 0 Å². The summed E-state index contributed by atoms with van der Waals surface area (Å²) in [7, 11) is 1.59. The van der Waals surface area contributed by atoms with Crippen LogP contribution in [0, 0.1) is 5.82 Å². The van der Waals surface area contributed by atoms with Gasteiger partial charge in [0.05, 0.1) is 29.6 Å². The van der Waals surface area contributed by atoms with E-state index in [0.717, 1.165) is 0 Å². The molecular formula is C16H16FN3O3. The molecule has 6 nitrogen and oxygen atoms in total. The number of esters is 1. The van der Waals surface area contributed by atoms with Gasteiger partial charge in [-0.15, -0.1) is 0 Å². The quantitative estimate of drug-likeness (QED) is 0.796. The number of fused-ring (bicyclic) bond motifs is 3. The van der Waals surface area contributed by atoms with Crippen LogP contribution in [0.1, 0.15) is 40.4 Å². The lowest BCUT2D eigenvalue weighted by molar-refractivity contribution is 0.0368. The van der Waals surface area contributed by atoms with Crippen LogP contribution in [0.25, 0.3) is 5.69 Å². The van der Waals surface area contributed by atoms with Crippen molar-refractivity contribution in [2.24, 2.45) is 0 Å². The van der Waals surface area contributed by atoms with E-state index >= 15 is 0 Å². The van der Waals surface area contributed by atoms with Gasteiger partial charge in [0.15, 0.2) is 5.69 Å². The molecule has 0 spiro atoms. The van der Waals surface area contributed by atoms with Gasteiger partial charge >= 0.3 is 5.97 Å². The molecule has 3 rings (SSSR count). The van der Waals surface area contributed by atoms with Gasteiger partial charge in [-0.05, 0) is 32.0 Å². The minimum absolute atomic E-state index is 0.163. The molecule has 2 heterocycles. The van der Waals surface area contributed by atoms with Crippen molar-refractivity contribution in [3.8, 4) is 5.69 Å². The third-order valence-electron chi connectivity index (χ3n) is 3.58. The molecule has 120 valence electrons. The van der Waals surface area contributed by atoms with Crippen LogP contribution in [0.3, 0.4) is 0 Å². The molecule has 0 unspecified atom stereocenters. The number of carbonyl (C=O) groups is 2. The number of rotatable bonds is 2. The monoisotopic (exact) mass is 317 g/mol. The number of hydrogen-bond acceptors (Lipinski definition) is 4. The van der Waals surface area contributed by atoms with Gasteiger partial charge in [0.25, 0.3) is 5.91 Å². The summed E-state index contributed by atoms with van der Waals surface area (Å²) in [5.41, 5.74) is 1.42. The Morgan fingerprint density at radius 1 is 1.39 bits per heavy atom. The van der Waals surface area contributed by atoms with Gasteiger partial charge in [-0.3, -0.25) is 9.36 Å². The molecule has 23 heavy (non-hydrogen) atoms. The molecule has 0 radical (unpaired) electrons. The number of imidazole rings is 1. The average molecular weight is 317 g/mol. The van der Waals surface area contributed by atoms with Crippen molar-refractivity contribution in [3.63, 3.8) is 0 Å². The molecule has 0 atom stereocenters. The van der Waals surface area contributed by atoms with E-state index < -0.39 is 11.8 Å². The fourth-order valence-corrected chi connectivity index (χ4v) is 2.56. The first-order valence-electron chi connectivity index (χ1n) is 7.21. The third kappa shape index (κ3) is 2.58. The highest BCUT2D eigenvalue weighted by atomic mass is 19.1. The number of amides is 1. The zero-order valence-corrected chi connectivity index (χ0v) is 13.0. The Kier molecular flexibility index (Phi) is 3.63. The van der Waals surface area contributed by atoms with Crippen LogP contribution in [0.2, 0.25) is 0 Å². The standard InChI is InChI=1S/C16H16FN3O3/c1-9(2)23-16(22)14-13-7-19(3)15(21)11-6-10(17)4-5-12(11)20(13)8-18-14/h4-6,8-9H,7H2,1-3H3. The minimum atomic E-state index is -0.542. The van der Waals surface area contributed by atoms with Gasteiger partial charge in [0.1, 0.15) is 12.1 Å². The lowest BCUT2D eigenvalue weighted by Gasteiger charge is -2.14. The molecule has 1 aromatic carbocycles. The number of hydrogen-bond donors (Lipinski definition) is 0. The third-order valence-corrected chi connectivity index (χ3v) is 3.58. The van der Waals surface area contributed by atoms with Gasteiger partial charge in [-0.1, -0.05) is 0 Å². The summed E-state index contributed by atoms with van der Waals surface area (Å²) in [6.45, 7) is 3.68. The minimum Gasteiger partial charge on any atom is -0.458 e. The van der Waals surface area contributed by atoms with Gasteiger partial charge in [-0.25, -0.2) is 14.2 Å². The van der Waals surface area contributed by atoms with E-state index in [-0.39, 0.29) is 29.8 Å².